The van der Waals surface area contributed by atoms with Gasteiger partial charge < -0.3 is 10.2 Å². The first-order valence-electron chi connectivity index (χ1n) is 11.0. The molecule has 31 heavy (non-hydrogen) atoms. The van der Waals surface area contributed by atoms with Crippen LogP contribution in [0.4, 0.5) is 5.69 Å². The molecular weight excluding hydrogens is 404 g/mol. The summed E-state index contributed by atoms with van der Waals surface area (Å²) < 4.78 is 0. The molecule has 1 N–H and O–H groups in total. The second-order valence-electron chi connectivity index (χ2n) is 8.48. The highest BCUT2D eigenvalue weighted by Gasteiger charge is 2.47. The zero-order chi connectivity index (χ0) is 21.4. The van der Waals surface area contributed by atoms with E-state index in [9.17, 15) is 9.59 Å². The van der Waals surface area contributed by atoms with Crippen LogP contribution in [0.1, 0.15) is 64.0 Å². The number of nitrogens with one attached hydrogen (secondary N) is 1. The minimum Gasteiger partial charge on any atom is -0.327 e. The van der Waals surface area contributed by atoms with Gasteiger partial charge in [-0.05, 0) is 54.5 Å². The molecule has 5 rings (SSSR count). The Morgan fingerprint density at radius 2 is 1.74 bits per heavy atom. The summed E-state index contributed by atoms with van der Waals surface area (Å²) in [7, 11) is 0. The van der Waals surface area contributed by atoms with Crippen LogP contribution in [-0.2, 0) is 4.79 Å². The van der Waals surface area contributed by atoms with Gasteiger partial charge in [-0.3, -0.25) is 9.59 Å². The van der Waals surface area contributed by atoms with Crippen molar-refractivity contribution in [3.05, 3.63) is 87.6 Å². The molecule has 2 aliphatic rings. The summed E-state index contributed by atoms with van der Waals surface area (Å²) >= 11 is 1.63. The van der Waals surface area contributed by atoms with E-state index in [1.165, 1.54) is 0 Å². The van der Waals surface area contributed by atoms with Crippen LogP contribution in [0.3, 0.4) is 0 Å². The number of hydrogen-bond donors (Lipinski definition) is 1. The summed E-state index contributed by atoms with van der Waals surface area (Å²) in [6.45, 7) is 2.00. The van der Waals surface area contributed by atoms with E-state index in [-0.39, 0.29) is 23.9 Å². The summed E-state index contributed by atoms with van der Waals surface area (Å²) in [4.78, 5) is 30.6. The van der Waals surface area contributed by atoms with Gasteiger partial charge in [0, 0.05) is 22.2 Å². The predicted octanol–water partition coefficient (Wildman–Crippen LogP) is 5.92. The third kappa shape index (κ3) is 3.57. The van der Waals surface area contributed by atoms with Gasteiger partial charge in [-0.25, -0.2) is 0 Å². The first-order valence-corrected chi connectivity index (χ1v) is 11.8. The van der Waals surface area contributed by atoms with Crippen molar-refractivity contribution in [2.75, 3.05) is 5.32 Å². The van der Waals surface area contributed by atoms with Crippen molar-refractivity contribution in [1.29, 1.82) is 0 Å². The van der Waals surface area contributed by atoms with E-state index in [1.807, 2.05) is 71.8 Å². The molecule has 1 aliphatic heterocycles. The van der Waals surface area contributed by atoms with E-state index in [1.54, 1.807) is 11.3 Å². The quantitative estimate of drug-likeness (QED) is 0.559. The fraction of sp³-hybridized carbons (Fsp3) is 0.308. The van der Waals surface area contributed by atoms with E-state index in [4.69, 9.17) is 0 Å². The second-order valence-corrected chi connectivity index (χ2v) is 9.46. The lowest BCUT2D eigenvalue weighted by atomic mass is 9.80. The zero-order valence-corrected chi connectivity index (χ0v) is 18.4. The Balaban J connectivity index is 1.63. The van der Waals surface area contributed by atoms with Crippen molar-refractivity contribution >= 4 is 28.8 Å². The second kappa shape index (κ2) is 8.31. The highest BCUT2D eigenvalue weighted by molar-refractivity contribution is 7.10. The number of carbonyl (C=O) groups is 2. The molecule has 0 unspecified atom stereocenters. The third-order valence-corrected chi connectivity index (χ3v) is 7.56. The molecule has 2 amide bonds. The molecule has 5 heteroatoms. The Labute approximate surface area is 186 Å². The van der Waals surface area contributed by atoms with Crippen LogP contribution < -0.4 is 5.32 Å². The summed E-state index contributed by atoms with van der Waals surface area (Å²) in [6.07, 6.45) is 4.27. The van der Waals surface area contributed by atoms with Crippen LogP contribution in [-0.4, -0.2) is 22.8 Å². The molecule has 4 nitrogen and oxygen atoms in total. The number of nitrogens with zero attached hydrogens (tertiary/aromatic N) is 1. The number of hydrogen-bond acceptors (Lipinski definition) is 3. The number of carbonyl (C=O) groups excluding carboxylic acids is 2. The van der Waals surface area contributed by atoms with E-state index < -0.39 is 5.92 Å². The number of anilines is 1. The molecule has 1 aliphatic carbocycles. The topological polar surface area (TPSA) is 49.4 Å². The summed E-state index contributed by atoms with van der Waals surface area (Å²) in [5.74, 6) is -0.454. The lowest BCUT2D eigenvalue weighted by Crippen LogP contribution is -2.49. The molecule has 2 aromatic carbocycles. The first kappa shape index (κ1) is 20.0. The van der Waals surface area contributed by atoms with E-state index in [0.717, 1.165) is 47.4 Å². The standard InChI is InChI=1S/C26H26N2O2S/c1-17-9-2-7-14-21(17)27-25(29)23-19-12-5-6-13-20(19)26(30)28(18-10-3-4-11-18)24(23)22-15-8-16-31-22/h2,5-9,12-16,18,23-24H,3-4,10-11H2,1H3,(H,27,29)/t23-,24-/m0/s1. The summed E-state index contributed by atoms with van der Waals surface area (Å²) in [5, 5.41) is 5.20. The van der Waals surface area contributed by atoms with Crippen LogP contribution in [0.15, 0.2) is 66.0 Å². The molecule has 1 saturated carbocycles. The lowest BCUT2D eigenvalue weighted by Gasteiger charge is -2.44. The van der Waals surface area contributed by atoms with E-state index >= 15 is 0 Å². The molecule has 158 valence electrons. The van der Waals surface area contributed by atoms with Crippen LogP contribution in [0.25, 0.3) is 0 Å². The van der Waals surface area contributed by atoms with Crippen molar-refractivity contribution in [1.82, 2.24) is 4.90 Å². The van der Waals surface area contributed by atoms with Crippen molar-refractivity contribution in [2.24, 2.45) is 0 Å². The molecule has 2 heterocycles. The van der Waals surface area contributed by atoms with Gasteiger partial charge in [0.1, 0.15) is 0 Å². The van der Waals surface area contributed by atoms with E-state index in [0.29, 0.717) is 5.56 Å². The highest BCUT2D eigenvalue weighted by atomic mass is 32.1. The molecule has 2 atom stereocenters. The van der Waals surface area contributed by atoms with Gasteiger partial charge in [0.05, 0.1) is 12.0 Å². The Kier molecular flexibility index (Phi) is 5.36. The maximum Gasteiger partial charge on any atom is 0.254 e. The first-order chi connectivity index (χ1) is 15.1. The van der Waals surface area contributed by atoms with Gasteiger partial charge >= 0.3 is 0 Å². The Hall–Kier alpha value is -2.92. The smallest absolute Gasteiger partial charge is 0.254 e. The fourth-order valence-corrected chi connectivity index (χ4v) is 5.96. The molecule has 1 fully saturated rings. The Bertz CT molecular complexity index is 1100. The number of amides is 2. The molecule has 0 spiro atoms. The molecule has 1 aromatic heterocycles. The number of benzene rings is 2. The average molecular weight is 431 g/mol. The number of aryl methyl sites for hydroxylation is 1. The monoisotopic (exact) mass is 430 g/mol. The van der Waals surface area contributed by atoms with Crippen molar-refractivity contribution in [2.45, 2.75) is 50.6 Å². The number of rotatable bonds is 4. The Morgan fingerprint density at radius 3 is 2.48 bits per heavy atom. The number of para-hydroxylation sites is 1. The maximum atomic E-state index is 13.8. The normalized spacial score (nSPS) is 21.2. The van der Waals surface area contributed by atoms with E-state index in [2.05, 4.69) is 11.4 Å². The maximum absolute atomic E-state index is 13.8. The van der Waals surface area contributed by atoms with Gasteiger partial charge in [0.2, 0.25) is 5.91 Å². The number of thiophene rings is 1. The largest absolute Gasteiger partial charge is 0.327 e. The summed E-state index contributed by atoms with van der Waals surface area (Å²) in [6, 6.07) is 19.4. The van der Waals surface area contributed by atoms with Gasteiger partial charge in [-0.2, -0.15) is 0 Å². The van der Waals surface area contributed by atoms with Gasteiger partial charge in [0.25, 0.3) is 5.91 Å². The average Bonchev–Trinajstić information content (AvgIpc) is 3.49. The van der Waals surface area contributed by atoms with Crippen LogP contribution in [0.2, 0.25) is 0 Å². The summed E-state index contributed by atoms with van der Waals surface area (Å²) in [5.41, 5.74) is 3.33. The molecule has 0 saturated heterocycles. The van der Waals surface area contributed by atoms with Crippen molar-refractivity contribution in [3.8, 4) is 0 Å². The van der Waals surface area contributed by atoms with Gasteiger partial charge in [-0.1, -0.05) is 55.3 Å². The SMILES string of the molecule is Cc1ccccc1NC(=O)[C@H]1c2ccccc2C(=O)N(C2CCCC2)[C@H]1c1cccs1. The molecule has 0 bridgehead atoms. The van der Waals surface area contributed by atoms with Crippen LogP contribution in [0, 0.1) is 6.92 Å². The Morgan fingerprint density at radius 1 is 1.00 bits per heavy atom. The van der Waals surface area contributed by atoms with Crippen LogP contribution in [0.5, 0.6) is 0 Å². The van der Waals surface area contributed by atoms with Gasteiger partial charge in [-0.15, -0.1) is 11.3 Å². The van der Waals surface area contributed by atoms with Crippen LogP contribution >= 0.6 is 11.3 Å². The lowest BCUT2D eigenvalue weighted by molar-refractivity contribution is -0.119. The minimum atomic E-state index is -0.451. The molecule has 3 aromatic rings. The number of fused-ring (bicyclic) bond motifs is 1. The fourth-order valence-electron chi connectivity index (χ4n) is 5.10. The van der Waals surface area contributed by atoms with Crippen molar-refractivity contribution < 1.29 is 9.59 Å². The molecule has 0 radical (unpaired) electrons. The highest BCUT2D eigenvalue weighted by Crippen LogP contribution is 2.47. The minimum absolute atomic E-state index is 0.0563. The molecular formula is C26H26N2O2S. The zero-order valence-electron chi connectivity index (χ0n) is 17.6. The van der Waals surface area contributed by atoms with Gasteiger partial charge in [0.15, 0.2) is 0 Å². The van der Waals surface area contributed by atoms with Crippen molar-refractivity contribution in [3.63, 3.8) is 0 Å². The predicted molar refractivity (Wildman–Crippen MR) is 124 cm³/mol. The third-order valence-electron chi connectivity index (χ3n) is 6.61.